The SMILES string of the molecule is CC1(C)c2ccccc2-c2ccc(-c3cc(-c4ccc5c(c4)C(C)(C)c4ccccc4-5)c4c(-c5ccc6c(c5)C(C)(C)c5ccccc5-6)cc5c(-c6ccc7c(c6)C(C)(C)c6ccccc6-7)cc(-c6ccc7c(c6)C(C)(C)c6ccccc6-7)c6c(-c7ccc8c(c7)C(C)(C)c7ccccc7-8)cc3c4c56)cc21. The Balaban J connectivity index is 0.948. The topological polar surface area (TPSA) is 0 Å². The van der Waals surface area contributed by atoms with E-state index in [2.05, 4.69) is 362 Å². The number of hydrogen-bond acceptors (Lipinski definition) is 0. The summed E-state index contributed by atoms with van der Waals surface area (Å²) in [5.74, 6) is 0. The zero-order valence-electron chi connectivity index (χ0n) is 62.6. The summed E-state index contributed by atoms with van der Waals surface area (Å²) in [7, 11) is 0. The summed E-state index contributed by atoms with van der Waals surface area (Å²) in [5.41, 5.74) is 45.8. The van der Waals surface area contributed by atoms with Crippen LogP contribution in [0.15, 0.2) is 279 Å². The van der Waals surface area contributed by atoms with Gasteiger partial charge < -0.3 is 0 Å². The van der Waals surface area contributed by atoms with Crippen molar-refractivity contribution >= 4 is 32.3 Å². The van der Waals surface area contributed by atoms with Gasteiger partial charge in [0.1, 0.15) is 0 Å². The van der Waals surface area contributed by atoms with E-state index in [-0.39, 0.29) is 32.5 Å². The zero-order valence-corrected chi connectivity index (χ0v) is 62.6. The third-order valence-electron chi connectivity index (χ3n) is 27.5. The number of fused-ring (bicyclic) bond motifs is 18. The van der Waals surface area contributed by atoms with Crippen LogP contribution in [0.1, 0.15) is 150 Å². The van der Waals surface area contributed by atoms with Gasteiger partial charge in [0, 0.05) is 32.5 Å². The van der Waals surface area contributed by atoms with E-state index in [9.17, 15) is 0 Å². The van der Waals surface area contributed by atoms with Crippen LogP contribution in [0, 0.1) is 0 Å². The third-order valence-corrected chi connectivity index (χ3v) is 27.5. The molecule has 6 aliphatic carbocycles. The molecule has 0 unspecified atom stereocenters. The Kier molecular flexibility index (Phi) is 12.1. The fourth-order valence-corrected chi connectivity index (χ4v) is 21.8. The van der Waals surface area contributed by atoms with Crippen molar-refractivity contribution in [3.8, 4) is 134 Å². The molecular weight excluding hydrogens is 1270 g/mol. The van der Waals surface area contributed by atoms with Gasteiger partial charge in [0.25, 0.3) is 0 Å². The Hall–Kier alpha value is -11.4. The van der Waals surface area contributed by atoms with Crippen molar-refractivity contribution in [2.45, 2.75) is 116 Å². The van der Waals surface area contributed by atoms with Crippen molar-refractivity contribution in [2.24, 2.45) is 0 Å². The number of hydrogen-bond donors (Lipinski definition) is 0. The minimum Gasteiger partial charge on any atom is -0.0619 e. The molecule has 6 aliphatic rings. The highest BCUT2D eigenvalue weighted by Gasteiger charge is 2.43. The molecule has 0 atom stereocenters. The van der Waals surface area contributed by atoms with Gasteiger partial charge in [0.05, 0.1) is 0 Å². The van der Waals surface area contributed by atoms with E-state index in [0.29, 0.717) is 0 Å². The largest absolute Gasteiger partial charge is 0.0619 e. The van der Waals surface area contributed by atoms with Gasteiger partial charge in [-0.3, -0.25) is 0 Å². The van der Waals surface area contributed by atoms with Crippen LogP contribution in [0.4, 0.5) is 0 Å². The molecule has 506 valence electrons. The van der Waals surface area contributed by atoms with Gasteiger partial charge in [0.15, 0.2) is 0 Å². The lowest BCUT2D eigenvalue weighted by molar-refractivity contribution is 0.660. The van der Waals surface area contributed by atoms with E-state index in [0.717, 1.165) is 0 Å². The molecule has 0 saturated heterocycles. The van der Waals surface area contributed by atoms with Crippen LogP contribution in [0.2, 0.25) is 0 Å². The Morgan fingerprint density at radius 2 is 0.302 bits per heavy atom. The summed E-state index contributed by atoms with van der Waals surface area (Å²) in [5, 5.41) is 7.67. The van der Waals surface area contributed by atoms with Crippen molar-refractivity contribution in [1.82, 2.24) is 0 Å². The Bertz CT molecular complexity index is 6270. The fourth-order valence-electron chi connectivity index (χ4n) is 21.8. The minimum atomic E-state index is -0.236. The second-order valence-corrected chi connectivity index (χ2v) is 35.0. The molecule has 0 heteroatoms. The van der Waals surface area contributed by atoms with E-state index in [4.69, 9.17) is 0 Å². The quantitative estimate of drug-likeness (QED) is 0.146. The first-order valence-corrected chi connectivity index (χ1v) is 38.5. The van der Waals surface area contributed by atoms with Crippen LogP contribution in [0.25, 0.3) is 166 Å². The van der Waals surface area contributed by atoms with Crippen molar-refractivity contribution < 1.29 is 0 Å². The average Bonchev–Trinajstić information content (AvgIpc) is 1.01. The molecule has 0 fully saturated rings. The fraction of sp³-hybridized carbons (Fsp3) is 0.170. The lowest BCUT2D eigenvalue weighted by atomic mass is 9.75. The minimum absolute atomic E-state index is 0.231. The van der Waals surface area contributed by atoms with Crippen LogP contribution in [-0.2, 0) is 32.5 Å². The molecule has 0 nitrogen and oxygen atoms in total. The third kappa shape index (κ3) is 7.94. The molecule has 0 bridgehead atoms. The van der Waals surface area contributed by atoms with E-state index in [1.165, 1.54) is 233 Å². The Morgan fingerprint density at radius 1 is 0.132 bits per heavy atom. The van der Waals surface area contributed by atoms with Gasteiger partial charge in [-0.2, -0.15) is 0 Å². The molecule has 0 spiro atoms. The van der Waals surface area contributed by atoms with Gasteiger partial charge in [-0.15, -0.1) is 0 Å². The van der Waals surface area contributed by atoms with Gasteiger partial charge in [-0.25, -0.2) is 0 Å². The van der Waals surface area contributed by atoms with Gasteiger partial charge in [0.2, 0.25) is 0 Å². The normalized spacial score (nSPS) is 16.4. The van der Waals surface area contributed by atoms with E-state index >= 15 is 0 Å². The summed E-state index contributed by atoms with van der Waals surface area (Å²) in [4.78, 5) is 0. The van der Waals surface area contributed by atoms with Crippen molar-refractivity contribution in [2.75, 3.05) is 0 Å². The van der Waals surface area contributed by atoms with E-state index < -0.39 is 0 Å². The van der Waals surface area contributed by atoms with Crippen LogP contribution in [0.5, 0.6) is 0 Å². The van der Waals surface area contributed by atoms with Crippen LogP contribution >= 0.6 is 0 Å². The molecule has 0 N–H and O–H groups in total. The average molecular weight is 1360 g/mol. The highest BCUT2D eigenvalue weighted by atomic mass is 14.5. The molecule has 0 saturated carbocycles. The first kappa shape index (κ1) is 62.0. The van der Waals surface area contributed by atoms with Crippen LogP contribution in [-0.4, -0.2) is 0 Å². The molecule has 16 aromatic carbocycles. The Morgan fingerprint density at radius 3 is 0.509 bits per heavy atom. The van der Waals surface area contributed by atoms with Crippen LogP contribution < -0.4 is 0 Å². The predicted molar refractivity (Wildman–Crippen MR) is 448 cm³/mol. The lowest BCUT2D eigenvalue weighted by Gasteiger charge is -2.28. The highest BCUT2D eigenvalue weighted by molar-refractivity contribution is 6.37. The molecule has 0 aliphatic heterocycles. The molecular formula is C106H82. The Labute approximate surface area is 623 Å². The maximum Gasteiger partial charge on any atom is 0.0159 e. The maximum atomic E-state index is 2.69. The van der Waals surface area contributed by atoms with Crippen LogP contribution in [0.3, 0.4) is 0 Å². The van der Waals surface area contributed by atoms with Crippen molar-refractivity contribution in [3.05, 3.63) is 346 Å². The van der Waals surface area contributed by atoms with Gasteiger partial charge in [-0.1, -0.05) is 301 Å². The summed E-state index contributed by atoms with van der Waals surface area (Å²) in [6, 6.07) is 111. The van der Waals surface area contributed by atoms with Gasteiger partial charge >= 0.3 is 0 Å². The van der Waals surface area contributed by atoms with Crippen molar-refractivity contribution in [1.29, 1.82) is 0 Å². The second kappa shape index (κ2) is 20.7. The summed E-state index contributed by atoms with van der Waals surface area (Å²) in [6.07, 6.45) is 0. The smallest absolute Gasteiger partial charge is 0.0159 e. The van der Waals surface area contributed by atoms with E-state index in [1.807, 2.05) is 0 Å². The lowest BCUT2D eigenvalue weighted by Crippen LogP contribution is -2.15. The first-order chi connectivity index (χ1) is 51.1. The molecule has 106 heavy (non-hydrogen) atoms. The molecule has 0 amide bonds. The predicted octanol–water partition coefficient (Wildman–Crippen LogP) is 28.4. The zero-order chi connectivity index (χ0) is 71.8. The number of benzene rings is 16. The molecule has 0 radical (unpaired) electrons. The molecule has 16 aromatic rings. The summed E-state index contributed by atoms with van der Waals surface area (Å²) in [6.45, 7) is 29.3. The van der Waals surface area contributed by atoms with E-state index in [1.54, 1.807) is 0 Å². The maximum absolute atomic E-state index is 2.69. The monoisotopic (exact) mass is 1350 g/mol. The van der Waals surface area contributed by atoms with Gasteiger partial charge in [-0.05, 0) is 293 Å². The number of rotatable bonds is 6. The van der Waals surface area contributed by atoms with Crippen molar-refractivity contribution in [3.63, 3.8) is 0 Å². The standard InChI is InChI=1S/C106H82/c1-101(2)85-31-19-13-25-65(85)71-43-37-59(49-91(71)101)77-55-79(61-39-45-73-67-27-15-21-33-87(67)103(5,6)93(73)51-61)97-82(64-42-48-76-70-30-18-24-36-90(70)106(11,12)96(76)54-64)58-84-78(60-38-44-72-66-26-14-20-32-86(66)102(3,4)92(72)50-60)56-80(62-40-46-74-68-28-16-22-34-88(68)104(7,8)94(74)52-62)98-81(57-83(77)99(97)100(84)98)63-41-47-75-69-29-17-23-35-89(69)105(9,10)95(75)53-63/h13-58H,1-12H3. The second-order valence-electron chi connectivity index (χ2n) is 35.0. The molecule has 22 rings (SSSR count). The first-order valence-electron chi connectivity index (χ1n) is 38.5. The molecule has 0 heterocycles. The molecule has 0 aromatic heterocycles. The summed E-state index contributed by atoms with van der Waals surface area (Å²) >= 11 is 0. The summed E-state index contributed by atoms with van der Waals surface area (Å²) < 4.78 is 0. The highest BCUT2D eigenvalue weighted by Crippen LogP contribution is 2.62.